The van der Waals surface area contributed by atoms with Gasteiger partial charge in [0.2, 0.25) is 0 Å². The minimum atomic E-state index is 0.746. The number of rotatable bonds is 0. The molecule has 4 N–H and O–H groups in total. The first-order chi connectivity index (χ1) is 19.8. The van der Waals surface area contributed by atoms with E-state index in [0.717, 1.165) is 88.0 Å². The Balaban J connectivity index is 1.51. The summed E-state index contributed by atoms with van der Waals surface area (Å²) >= 11 is 0. The maximum absolute atomic E-state index is 5.12. The van der Waals surface area contributed by atoms with Crippen LogP contribution in [0.2, 0.25) is 0 Å². The Hall–Kier alpha value is -5.69. The average Bonchev–Trinajstić information content (AvgIpc) is 3.73. The van der Waals surface area contributed by atoms with Crippen LogP contribution in [0, 0.1) is 0 Å². The lowest BCUT2D eigenvalue weighted by molar-refractivity contribution is 1.10. The smallest absolute Gasteiger partial charge is 0.142 e. The molecule has 40 heavy (non-hydrogen) atoms. The fraction of sp³-hybridized carbons (Fsp3) is 0. The van der Waals surface area contributed by atoms with E-state index in [0.29, 0.717) is 0 Å². The summed E-state index contributed by atoms with van der Waals surface area (Å²) in [5.74, 6) is 2.30. The van der Waals surface area contributed by atoms with E-state index < -0.39 is 0 Å². The maximum Gasteiger partial charge on any atom is 0.142 e. The largest absolute Gasteiger partial charge is 0.339 e. The Kier molecular flexibility index (Phi) is 4.20. The molecule has 7 heteroatoms. The van der Waals surface area contributed by atoms with Crippen LogP contribution in [-0.4, -0.2) is 19.9 Å². The highest BCUT2D eigenvalue weighted by Gasteiger charge is 2.13. The van der Waals surface area contributed by atoms with Gasteiger partial charge >= 0.3 is 0 Å². The van der Waals surface area contributed by atoms with E-state index in [1.165, 1.54) is 0 Å². The van der Waals surface area contributed by atoms with Gasteiger partial charge in [0.15, 0.2) is 0 Å². The fourth-order valence-electron chi connectivity index (χ4n) is 5.90. The van der Waals surface area contributed by atoms with Crippen LogP contribution < -0.4 is 21.8 Å². The van der Waals surface area contributed by atoms with Gasteiger partial charge in [-0.1, -0.05) is 97.1 Å². The third-order valence-corrected chi connectivity index (χ3v) is 7.76. The second kappa shape index (κ2) is 7.91. The van der Waals surface area contributed by atoms with Gasteiger partial charge in [-0.15, -0.1) is 0 Å². The first-order valence-electron chi connectivity index (χ1n) is 13.2. The van der Waals surface area contributed by atoms with Gasteiger partial charge in [0, 0.05) is 54.1 Å². The van der Waals surface area contributed by atoms with E-state index in [1.807, 2.05) is 36.4 Å². The zero-order chi connectivity index (χ0) is 26.2. The lowest BCUT2D eigenvalue weighted by Gasteiger charge is -1.91. The van der Waals surface area contributed by atoms with Crippen LogP contribution in [0.5, 0.6) is 0 Å². The second-order valence-corrected chi connectivity index (χ2v) is 10.1. The standard InChI is InChI=1S/C33H21N7/c1-3-11-20-18(9-1)26-17-27-19-10-2-4-12-21(19)29(35-27)37-31-23-14-6-8-16-25(23)33(39-31)40-32-24-15-7-5-13-22(24)30(38-32)36-28(20)34-26/h1-17H,(H4,34,35,36,37,38,39,40). The van der Waals surface area contributed by atoms with Gasteiger partial charge in [0.25, 0.3) is 0 Å². The summed E-state index contributed by atoms with van der Waals surface area (Å²) in [5, 5.41) is 9.31. The van der Waals surface area contributed by atoms with E-state index >= 15 is 0 Å². The zero-order valence-corrected chi connectivity index (χ0v) is 21.2. The SMILES string of the molecule is C1=c2[nH]c(c3ccccc23)=Nc2[nH]c(c3ccccc23)N=c2[nH]c(c3ccccc23)=Nc2[nH]c1c1ccccc21. The summed E-state index contributed by atoms with van der Waals surface area (Å²) in [7, 11) is 0. The van der Waals surface area contributed by atoms with Gasteiger partial charge in [-0.3, -0.25) is 0 Å². The van der Waals surface area contributed by atoms with Gasteiger partial charge in [0.05, 0.1) is 0 Å². The second-order valence-electron chi connectivity index (χ2n) is 10.1. The van der Waals surface area contributed by atoms with Gasteiger partial charge in [-0.2, -0.15) is 0 Å². The van der Waals surface area contributed by atoms with E-state index in [1.54, 1.807) is 0 Å². The van der Waals surface area contributed by atoms with E-state index in [2.05, 4.69) is 86.7 Å². The molecule has 0 fully saturated rings. The summed E-state index contributed by atoms with van der Waals surface area (Å²) in [6, 6.07) is 33.1. The lowest BCUT2D eigenvalue weighted by atomic mass is 10.1. The van der Waals surface area contributed by atoms with Crippen molar-refractivity contribution in [2.75, 3.05) is 0 Å². The van der Waals surface area contributed by atoms with Crippen molar-refractivity contribution in [3.8, 4) is 0 Å². The normalized spacial score (nSPS) is 12.8. The summed E-state index contributed by atoms with van der Waals surface area (Å²) in [6.45, 7) is 0. The Morgan fingerprint density at radius 1 is 0.350 bits per heavy atom. The molecule has 0 radical (unpaired) electrons. The molecule has 0 saturated carbocycles. The monoisotopic (exact) mass is 515 g/mol. The number of nitrogens with one attached hydrogen (secondary N) is 4. The molecule has 9 rings (SSSR count). The Morgan fingerprint density at radius 2 is 0.750 bits per heavy atom. The van der Waals surface area contributed by atoms with Gasteiger partial charge < -0.3 is 19.9 Å². The first-order valence-corrected chi connectivity index (χ1v) is 13.2. The van der Waals surface area contributed by atoms with Gasteiger partial charge in [0.1, 0.15) is 33.9 Å². The third kappa shape index (κ3) is 3.03. The zero-order valence-electron chi connectivity index (χ0n) is 21.2. The van der Waals surface area contributed by atoms with Crippen LogP contribution in [0.3, 0.4) is 0 Å². The number of hydrogen-bond donors (Lipinski definition) is 4. The van der Waals surface area contributed by atoms with Crippen molar-refractivity contribution >= 4 is 66.6 Å². The Bertz CT molecular complexity index is 2210. The minimum Gasteiger partial charge on any atom is -0.339 e. The molecule has 0 spiro atoms. The van der Waals surface area contributed by atoms with Crippen molar-refractivity contribution in [3.05, 3.63) is 125 Å². The van der Waals surface area contributed by atoms with Crippen molar-refractivity contribution in [2.24, 2.45) is 15.0 Å². The van der Waals surface area contributed by atoms with Crippen LogP contribution in [-0.2, 0) is 0 Å². The quantitative estimate of drug-likeness (QED) is 0.202. The highest BCUT2D eigenvalue weighted by molar-refractivity contribution is 6.00. The van der Waals surface area contributed by atoms with Crippen molar-refractivity contribution in [2.45, 2.75) is 0 Å². The molecule has 7 nitrogen and oxygen atoms in total. The summed E-state index contributed by atoms with van der Waals surface area (Å²) < 4.78 is 0. The van der Waals surface area contributed by atoms with Crippen LogP contribution in [0.15, 0.2) is 112 Å². The summed E-state index contributed by atoms with van der Waals surface area (Å²) in [6.07, 6.45) is 2.15. The molecule has 0 atom stereocenters. The molecular weight excluding hydrogens is 494 g/mol. The van der Waals surface area contributed by atoms with Crippen LogP contribution in [0.1, 0.15) is 5.69 Å². The van der Waals surface area contributed by atoms with E-state index in [-0.39, 0.29) is 0 Å². The van der Waals surface area contributed by atoms with Crippen molar-refractivity contribution in [1.82, 2.24) is 19.9 Å². The molecule has 8 aromatic rings. The fourth-order valence-corrected chi connectivity index (χ4v) is 5.90. The highest BCUT2D eigenvalue weighted by atomic mass is 15.0. The van der Waals surface area contributed by atoms with Crippen LogP contribution >= 0.6 is 0 Å². The number of hydrogen-bond acceptors (Lipinski definition) is 3. The minimum absolute atomic E-state index is 0.746. The van der Waals surface area contributed by atoms with Crippen molar-refractivity contribution < 1.29 is 0 Å². The predicted octanol–water partition coefficient (Wildman–Crippen LogP) is 5.61. The Morgan fingerprint density at radius 3 is 1.32 bits per heavy atom. The number of benzene rings is 4. The van der Waals surface area contributed by atoms with E-state index in [4.69, 9.17) is 15.0 Å². The van der Waals surface area contributed by atoms with Gasteiger partial charge in [-0.05, 0) is 6.08 Å². The molecule has 188 valence electrons. The molecule has 4 aromatic carbocycles. The van der Waals surface area contributed by atoms with E-state index in [9.17, 15) is 0 Å². The van der Waals surface area contributed by atoms with Crippen molar-refractivity contribution in [3.63, 3.8) is 0 Å². The molecule has 0 amide bonds. The topological polar surface area (TPSA) is 100 Å². The molecule has 5 heterocycles. The average molecular weight is 516 g/mol. The molecule has 0 saturated heterocycles. The van der Waals surface area contributed by atoms with Crippen LogP contribution in [0.25, 0.3) is 49.2 Å². The number of H-pyrrole nitrogens is 4. The van der Waals surface area contributed by atoms with Crippen LogP contribution in [0.4, 0.5) is 17.5 Å². The summed E-state index contributed by atoms with van der Waals surface area (Å²) in [4.78, 5) is 29.5. The lowest BCUT2D eigenvalue weighted by Crippen LogP contribution is -2.10. The third-order valence-electron chi connectivity index (χ3n) is 7.76. The first kappa shape index (κ1) is 21.3. The highest BCUT2D eigenvalue weighted by Crippen LogP contribution is 2.33. The molecule has 1 aliphatic rings. The predicted molar refractivity (Wildman–Crippen MR) is 159 cm³/mol. The number of aromatic nitrogens is 4. The molecule has 4 aromatic heterocycles. The Labute approximate surface area is 226 Å². The van der Waals surface area contributed by atoms with Crippen molar-refractivity contribution in [1.29, 1.82) is 0 Å². The molecule has 8 bridgehead atoms. The molecule has 1 aliphatic heterocycles. The molecule has 0 unspecified atom stereocenters. The number of fused-ring (bicyclic) bond motifs is 20. The number of nitrogens with zero attached hydrogens (tertiary/aromatic N) is 3. The van der Waals surface area contributed by atoms with Gasteiger partial charge in [-0.25, -0.2) is 15.0 Å². The molecule has 0 aliphatic carbocycles. The maximum atomic E-state index is 5.12. The molecular formula is C33H21N7. The summed E-state index contributed by atoms with van der Waals surface area (Å²) in [5.41, 5.74) is 3.28. The number of aromatic amines is 4.